The lowest BCUT2D eigenvalue weighted by molar-refractivity contribution is 0.101. The van der Waals surface area contributed by atoms with E-state index in [1.165, 1.54) is 49.6 Å². The number of aromatic nitrogens is 2. The molecule has 0 fully saturated rings. The van der Waals surface area contributed by atoms with E-state index in [0.29, 0.717) is 28.2 Å². The Labute approximate surface area is 169 Å². The van der Waals surface area contributed by atoms with E-state index in [0.717, 1.165) is 0 Å². The van der Waals surface area contributed by atoms with Crippen LogP contribution in [0.3, 0.4) is 0 Å². The number of aryl methyl sites for hydroxylation is 1. The predicted molar refractivity (Wildman–Crippen MR) is 110 cm³/mol. The highest BCUT2D eigenvalue weighted by atomic mass is 32.3. The van der Waals surface area contributed by atoms with Crippen molar-refractivity contribution in [3.63, 3.8) is 0 Å². The van der Waals surface area contributed by atoms with Crippen molar-refractivity contribution in [1.82, 2.24) is 9.97 Å². The monoisotopic (exact) mass is 412 g/mol. The molecule has 8 nitrogen and oxygen atoms in total. The number of sulfonamides is 1. The minimum absolute atomic E-state index is 0.00377. The Hall–Kier alpha value is -3.30. The molecule has 1 aromatic carbocycles. The van der Waals surface area contributed by atoms with Gasteiger partial charge >= 0.3 is 0 Å². The minimum Gasteiger partial charge on any atom is -0.588 e. The quantitative estimate of drug-likeness (QED) is 0.422. The van der Waals surface area contributed by atoms with Crippen molar-refractivity contribution in [1.29, 1.82) is 0 Å². The number of rotatable bonds is 6. The van der Waals surface area contributed by atoms with E-state index < -0.39 is 16.3 Å². The second-order valence-electron chi connectivity index (χ2n) is 6.50. The van der Waals surface area contributed by atoms with Gasteiger partial charge in [-0.15, -0.1) is 0 Å². The minimum atomic E-state index is -3.84. The number of carbonyl (C=O) groups is 2. The molecule has 1 amide bonds. The molecule has 9 heteroatoms. The Morgan fingerprint density at radius 1 is 1.10 bits per heavy atom. The molecule has 1 unspecified atom stereocenters. The molecule has 150 valence electrons. The van der Waals surface area contributed by atoms with Crippen molar-refractivity contribution in [2.45, 2.75) is 25.7 Å². The van der Waals surface area contributed by atoms with Crippen LogP contribution in [-0.2, 0) is 14.6 Å². The number of pyridine rings is 1. The third-order valence-electron chi connectivity index (χ3n) is 4.35. The molecule has 2 aromatic heterocycles. The van der Waals surface area contributed by atoms with Crippen LogP contribution in [0.15, 0.2) is 53.7 Å². The van der Waals surface area contributed by atoms with Gasteiger partial charge in [-0.25, -0.2) is 4.72 Å². The zero-order chi connectivity index (χ0) is 21.2. The van der Waals surface area contributed by atoms with Crippen LogP contribution >= 0.6 is 0 Å². The van der Waals surface area contributed by atoms with E-state index in [-0.39, 0.29) is 16.4 Å². The maximum absolute atomic E-state index is 12.6. The topological polar surface area (TPSA) is 127 Å². The summed E-state index contributed by atoms with van der Waals surface area (Å²) in [7, 11) is -3.84. The molecular formula is C20H20N4O4S. The van der Waals surface area contributed by atoms with Gasteiger partial charge in [0.25, 0.3) is 5.91 Å². The number of aromatic amines is 1. The Bertz CT molecular complexity index is 1120. The molecule has 29 heavy (non-hydrogen) atoms. The number of nitrogens with zero attached hydrogens (tertiary/aromatic N) is 1. The summed E-state index contributed by atoms with van der Waals surface area (Å²) in [6, 6.07) is 8.97. The van der Waals surface area contributed by atoms with E-state index in [2.05, 4.69) is 20.0 Å². The highest BCUT2D eigenvalue weighted by molar-refractivity contribution is 7.98. The van der Waals surface area contributed by atoms with Crippen molar-refractivity contribution >= 4 is 33.5 Å². The highest BCUT2D eigenvalue weighted by Crippen LogP contribution is 2.24. The van der Waals surface area contributed by atoms with Crippen molar-refractivity contribution < 1.29 is 18.4 Å². The van der Waals surface area contributed by atoms with Gasteiger partial charge < -0.3 is 14.9 Å². The lowest BCUT2D eigenvalue weighted by Gasteiger charge is -2.16. The number of benzene rings is 1. The highest BCUT2D eigenvalue weighted by Gasteiger charge is 2.23. The van der Waals surface area contributed by atoms with Gasteiger partial charge in [0, 0.05) is 35.4 Å². The van der Waals surface area contributed by atoms with Gasteiger partial charge in [-0.1, -0.05) is 10.3 Å². The van der Waals surface area contributed by atoms with Crippen molar-refractivity contribution in [2.24, 2.45) is 0 Å². The molecule has 0 aliphatic rings. The van der Waals surface area contributed by atoms with Crippen molar-refractivity contribution in [2.75, 3.05) is 10.0 Å². The average Bonchev–Trinajstić information content (AvgIpc) is 2.97. The number of nitrogens with one attached hydrogen (secondary N) is 3. The SMILES string of the molecule is CC(=O)c1c(C)[nH]c(C(=O)Nc2cccc([S+](=O)([O-])Nc3ccncc3)c2)c1C. The molecular weight excluding hydrogens is 392 g/mol. The van der Waals surface area contributed by atoms with Crippen LogP contribution in [0.2, 0.25) is 0 Å². The number of ketones is 1. The molecule has 1 atom stereocenters. The van der Waals surface area contributed by atoms with Crippen molar-refractivity contribution in [3.8, 4) is 0 Å². The Morgan fingerprint density at radius 3 is 2.41 bits per heavy atom. The molecule has 0 aliphatic carbocycles. The van der Waals surface area contributed by atoms with E-state index in [1.807, 2.05) is 0 Å². The van der Waals surface area contributed by atoms with Crippen LogP contribution < -0.4 is 10.0 Å². The molecule has 0 radical (unpaired) electrons. The number of amides is 1. The lowest BCUT2D eigenvalue weighted by atomic mass is 10.1. The summed E-state index contributed by atoms with van der Waals surface area (Å²) < 4.78 is 27.7. The predicted octanol–water partition coefficient (Wildman–Crippen LogP) is 3.50. The molecule has 0 spiro atoms. The number of Topliss-reactive ketones (excluding diaryl/α,β-unsaturated/α-hetero) is 1. The number of hydrogen-bond acceptors (Lipinski definition) is 5. The molecule has 0 aliphatic heterocycles. The van der Waals surface area contributed by atoms with Gasteiger partial charge in [-0.3, -0.25) is 14.6 Å². The van der Waals surface area contributed by atoms with Crippen molar-refractivity contribution in [3.05, 3.63) is 71.3 Å². The fraction of sp³-hybridized carbons (Fsp3) is 0.150. The van der Waals surface area contributed by atoms with Crippen LogP contribution in [0.25, 0.3) is 0 Å². The zero-order valence-corrected chi connectivity index (χ0v) is 16.9. The molecule has 3 N–H and O–H groups in total. The lowest BCUT2D eigenvalue weighted by Crippen LogP contribution is -2.21. The maximum atomic E-state index is 12.6. The van der Waals surface area contributed by atoms with Crippen LogP contribution in [0.5, 0.6) is 0 Å². The van der Waals surface area contributed by atoms with Crippen LogP contribution in [0.1, 0.15) is 39.0 Å². The fourth-order valence-corrected chi connectivity index (χ4v) is 4.18. The van der Waals surface area contributed by atoms with E-state index in [9.17, 15) is 18.4 Å². The molecule has 0 bridgehead atoms. The first kappa shape index (κ1) is 20.4. The van der Waals surface area contributed by atoms with E-state index >= 15 is 0 Å². The van der Waals surface area contributed by atoms with Gasteiger partial charge in [0.05, 0.1) is 5.69 Å². The van der Waals surface area contributed by atoms with Gasteiger partial charge in [0.1, 0.15) is 5.69 Å². The summed E-state index contributed by atoms with van der Waals surface area (Å²) in [5, 5.41) is 2.67. The summed E-state index contributed by atoms with van der Waals surface area (Å²) in [4.78, 5) is 31.2. The smallest absolute Gasteiger partial charge is 0.272 e. The molecule has 3 rings (SSSR count). The standard InChI is InChI=1S/C20H20N4O4S/c1-12-18(14(3)25)13(2)22-19(12)20(26)23-16-5-4-6-17(11-16)29(27,28)24-15-7-9-21-10-8-15/h4-11H,1-3H3,(H3-,21,22,23,24,25,26,27,28). The molecule has 0 saturated heterocycles. The van der Waals surface area contributed by atoms with Crippen LogP contribution in [0, 0.1) is 13.8 Å². The fourth-order valence-electron chi connectivity index (χ4n) is 3.07. The van der Waals surface area contributed by atoms with Gasteiger partial charge in [0.15, 0.2) is 21.1 Å². The van der Waals surface area contributed by atoms with Gasteiger partial charge in [-0.05, 0) is 50.6 Å². The zero-order valence-electron chi connectivity index (χ0n) is 16.1. The summed E-state index contributed by atoms with van der Waals surface area (Å²) in [6.07, 6.45) is 2.95. The molecule has 2 heterocycles. The first-order chi connectivity index (χ1) is 13.7. The second kappa shape index (κ2) is 7.98. The summed E-state index contributed by atoms with van der Waals surface area (Å²) >= 11 is 0. The number of hydrogen-bond donors (Lipinski definition) is 3. The third kappa shape index (κ3) is 4.41. The largest absolute Gasteiger partial charge is 0.588 e. The van der Waals surface area contributed by atoms with Gasteiger partial charge in [-0.2, -0.15) is 0 Å². The number of carbonyl (C=O) groups excluding carboxylic acids is 2. The van der Waals surface area contributed by atoms with E-state index in [4.69, 9.17) is 0 Å². The van der Waals surface area contributed by atoms with E-state index in [1.54, 1.807) is 19.9 Å². The molecule has 3 aromatic rings. The average molecular weight is 412 g/mol. The maximum Gasteiger partial charge on any atom is 0.272 e. The Morgan fingerprint density at radius 2 is 1.79 bits per heavy atom. The summed E-state index contributed by atoms with van der Waals surface area (Å²) in [5.41, 5.74) is 2.59. The Kier molecular flexibility index (Phi) is 5.62. The number of H-pyrrole nitrogens is 1. The normalized spacial score (nSPS) is 12.8. The molecule has 0 saturated carbocycles. The summed E-state index contributed by atoms with van der Waals surface area (Å²) in [5.74, 6) is -0.597. The van der Waals surface area contributed by atoms with Gasteiger partial charge in [0.2, 0.25) is 0 Å². The second-order valence-corrected chi connectivity index (χ2v) is 8.19. The number of anilines is 2. The Balaban J connectivity index is 1.83. The third-order valence-corrected chi connectivity index (χ3v) is 5.73. The van der Waals surface area contributed by atoms with Crippen LogP contribution in [0.4, 0.5) is 11.4 Å². The van der Waals surface area contributed by atoms with Crippen LogP contribution in [-0.4, -0.2) is 26.2 Å². The first-order valence-corrected chi connectivity index (χ1v) is 10.2. The first-order valence-electron chi connectivity index (χ1n) is 8.73. The summed E-state index contributed by atoms with van der Waals surface area (Å²) in [6.45, 7) is 4.85.